The van der Waals surface area contributed by atoms with Crippen molar-refractivity contribution in [2.45, 2.75) is 13.1 Å². The summed E-state index contributed by atoms with van der Waals surface area (Å²) in [6, 6.07) is -0.999. The molecule has 0 radical (unpaired) electrons. The summed E-state index contributed by atoms with van der Waals surface area (Å²) in [7, 11) is 0. The number of hydrogen-bond acceptors (Lipinski definition) is 3. The molecule has 0 fully saturated rings. The minimum absolute atomic E-state index is 0.0507. The monoisotopic (exact) mass is 234 g/mol. The van der Waals surface area contributed by atoms with Gasteiger partial charge >= 0.3 is 12.2 Å². The van der Waals surface area contributed by atoms with E-state index >= 15 is 0 Å². The van der Waals surface area contributed by atoms with E-state index in [0.29, 0.717) is 0 Å². The van der Waals surface area contributed by atoms with Gasteiger partial charge in [0.15, 0.2) is 0 Å². The molecule has 88 valence electrons. The van der Waals surface area contributed by atoms with Gasteiger partial charge in [0.05, 0.1) is 0 Å². The van der Waals surface area contributed by atoms with Gasteiger partial charge in [0.2, 0.25) is 5.95 Å². The summed E-state index contributed by atoms with van der Waals surface area (Å²) in [4.78, 5) is 18.3. The van der Waals surface area contributed by atoms with Gasteiger partial charge in [-0.3, -0.25) is 5.32 Å². The molecule has 0 aliphatic heterocycles. The van der Waals surface area contributed by atoms with Crippen molar-refractivity contribution in [3.8, 4) is 0 Å². The van der Waals surface area contributed by atoms with E-state index in [1.54, 1.807) is 12.2 Å². The molecular formula is C8H9F3N4O. The van der Waals surface area contributed by atoms with Gasteiger partial charge in [-0.25, -0.2) is 14.8 Å². The molecule has 0 aliphatic rings. The van der Waals surface area contributed by atoms with Crippen molar-refractivity contribution in [2.75, 3.05) is 11.9 Å². The fourth-order valence-electron chi connectivity index (χ4n) is 0.783. The minimum atomic E-state index is -4.44. The van der Waals surface area contributed by atoms with Crippen LogP contribution in [0.4, 0.5) is 23.9 Å². The molecule has 0 saturated heterocycles. The predicted molar refractivity (Wildman–Crippen MR) is 49.8 cm³/mol. The number of alkyl halides is 3. The van der Waals surface area contributed by atoms with Gasteiger partial charge in [-0.2, -0.15) is 13.2 Å². The summed E-state index contributed by atoms with van der Waals surface area (Å²) >= 11 is 0. The van der Waals surface area contributed by atoms with E-state index in [1.165, 1.54) is 12.4 Å². The second-order valence-electron chi connectivity index (χ2n) is 3.01. The molecule has 0 aliphatic carbocycles. The first-order chi connectivity index (χ1) is 7.37. The van der Waals surface area contributed by atoms with Crippen LogP contribution in [-0.4, -0.2) is 28.7 Å². The summed E-state index contributed by atoms with van der Waals surface area (Å²) in [6.45, 7) is 0.345. The van der Waals surface area contributed by atoms with Crippen LogP contribution in [0.3, 0.4) is 0 Å². The molecule has 1 rings (SSSR count). The van der Waals surface area contributed by atoms with Crippen molar-refractivity contribution >= 4 is 12.0 Å². The Morgan fingerprint density at radius 3 is 2.44 bits per heavy atom. The zero-order chi connectivity index (χ0) is 12.2. The molecule has 1 aromatic heterocycles. The molecule has 1 heterocycles. The summed E-state index contributed by atoms with van der Waals surface area (Å²) < 4.78 is 35.2. The van der Waals surface area contributed by atoms with Crippen LogP contribution in [0.5, 0.6) is 0 Å². The highest BCUT2D eigenvalue weighted by atomic mass is 19.4. The zero-order valence-corrected chi connectivity index (χ0v) is 8.30. The van der Waals surface area contributed by atoms with Crippen LogP contribution < -0.4 is 10.6 Å². The van der Waals surface area contributed by atoms with E-state index in [0.717, 1.165) is 5.56 Å². The van der Waals surface area contributed by atoms with Crippen molar-refractivity contribution in [1.82, 2.24) is 15.3 Å². The Kier molecular flexibility index (Phi) is 3.64. The Balaban J connectivity index is 2.43. The SMILES string of the molecule is Cc1cnc(NC(=O)NCC(F)(F)F)nc1. The van der Waals surface area contributed by atoms with Crippen LogP contribution in [-0.2, 0) is 0 Å². The van der Waals surface area contributed by atoms with E-state index in [-0.39, 0.29) is 5.95 Å². The number of urea groups is 1. The Morgan fingerprint density at radius 1 is 1.38 bits per heavy atom. The highest BCUT2D eigenvalue weighted by molar-refractivity contribution is 5.87. The third-order valence-corrected chi connectivity index (χ3v) is 1.46. The van der Waals surface area contributed by atoms with Gasteiger partial charge in [0.25, 0.3) is 0 Å². The number of aromatic nitrogens is 2. The fraction of sp³-hybridized carbons (Fsp3) is 0.375. The summed E-state index contributed by atoms with van der Waals surface area (Å²) in [6.07, 6.45) is -1.57. The number of nitrogens with zero attached hydrogens (tertiary/aromatic N) is 2. The molecule has 2 N–H and O–H groups in total. The molecule has 16 heavy (non-hydrogen) atoms. The summed E-state index contributed by atoms with van der Waals surface area (Å²) in [5.41, 5.74) is 0.779. The lowest BCUT2D eigenvalue weighted by molar-refractivity contribution is -0.122. The topological polar surface area (TPSA) is 66.9 Å². The maximum Gasteiger partial charge on any atom is 0.405 e. The van der Waals surface area contributed by atoms with Crippen LogP contribution in [0.25, 0.3) is 0 Å². The van der Waals surface area contributed by atoms with Gasteiger partial charge in [-0.15, -0.1) is 0 Å². The molecule has 1 aromatic rings. The van der Waals surface area contributed by atoms with Crippen LogP contribution >= 0.6 is 0 Å². The number of carbonyl (C=O) groups excluding carboxylic acids is 1. The molecule has 0 spiro atoms. The summed E-state index contributed by atoms with van der Waals surface area (Å²) in [5, 5.41) is 3.70. The number of rotatable bonds is 2. The number of carbonyl (C=O) groups is 1. The number of amides is 2. The molecule has 8 heteroatoms. The van der Waals surface area contributed by atoms with Gasteiger partial charge in [-0.05, 0) is 12.5 Å². The molecule has 2 amide bonds. The van der Waals surface area contributed by atoms with E-state index in [9.17, 15) is 18.0 Å². The van der Waals surface area contributed by atoms with E-state index in [1.807, 2.05) is 0 Å². The lowest BCUT2D eigenvalue weighted by atomic mass is 10.4. The highest BCUT2D eigenvalue weighted by Gasteiger charge is 2.27. The average Bonchev–Trinajstić information content (AvgIpc) is 2.18. The standard InChI is InChI=1S/C8H9F3N4O/c1-5-2-12-6(13-3-5)15-7(16)14-4-8(9,10)11/h2-3H,4H2,1H3,(H2,12,13,14,15,16). The molecule has 0 atom stereocenters. The largest absolute Gasteiger partial charge is 0.405 e. The first kappa shape index (κ1) is 12.2. The number of aryl methyl sites for hydroxylation is 1. The van der Waals surface area contributed by atoms with Crippen LogP contribution in [0.2, 0.25) is 0 Å². The van der Waals surface area contributed by atoms with Gasteiger partial charge in [-0.1, -0.05) is 0 Å². The molecule has 5 nitrogen and oxygen atoms in total. The molecule has 0 aromatic carbocycles. The van der Waals surface area contributed by atoms with E-state index < -0.39 is 18.8 Å². The van der Waals surface area contributed by atoms with Crippen LogP contribution in [0.1, 0.15) is 5.56 Å². The number of hydrogen-bond donors (Lipinski definition) is 2. The van der Waals surface area contributed by atoms with Crippen molar-refractivity contribution in [3.63, 3.8) is 0 Å². The predicted octanol–water partition coefficient (Wildman–Crippen LogP) is 1.47. The van der Waals surface area contributed by atoms with Gasteiger partial charge in [0, 0.05) is 12.4 Å². The van der Waals surface area contributed by atoms with Gasteiger partial charge in [0.1, 0.15) is 6.54 Å². The number of halogens is 3. The maximum atomic E-state index is 11.7. The second kappa shape index (κ2) is 4.77. The van der Waals surface area contributed by atoms with Crippen molar-refractivity contribution in [1.29, 1.82) is 0 Å². The third-order valence-electron chi connectivity index (χ3n) is 1.46. The first-order valence-corrected chi connectivity index (χ1v) is 4.27. The molecular weight excluding hydrogens is 225 g/mol. The highest BCUT2D eigenvalue weighted by Crippen LogP contribution is 2.12. The van der Waals surface area contributed by atoms with Crippen molar-refractivity contribution in [3.05, 3.63) is 18.0 Å². The normalized spacial score (nSPS) is 11.0. The lowest BCUT2D eigenvalue weighted by Gasteiger charge is -2.08. The Morgan fingerprint density at radius 2 is 1.94 bits per heavy atom. The Labute approximate surface area is 89.1 Å². The fourth-order valence-corrected chi connectivity index (χ4v) is 0.783. The quantitative estimate of drug-likeness (QED) is 0.814. The first-order valence-electron chi connectivity index (χ1n) is 4.27. The summed E-state index contributed by atoms with van der Waals surface area (Å²) in [5.74, 6) is -0.0507. The van der Waals surface area contributed by atoms with Crippen LogP contribution in [0.15, 0.2) is 12.4 Å². The second-order valence-corrected chi connectivity index (χ2v) is 3.01. The lowest BCUT2D eigenvalue weighted by Crippen LogP contribution is -2.37. The van der Waals surface area contributed by atoms with E-state index in [4.69, 9.17) is 0 Å². The average molecular weight is 234 g/mol. The molecule has 0 saturated carbocycles. The number of nitrogens with one attached hydrogen (secondary N) is 2. The zero-order valence-electron chi connectivity index (χ0n) is 8.30. The number of anilines is 1. The smallest absolute Gasteiger partial charge is 0.329 e. The van der Waals surface area contributed by atoms with E-state index in [2.05, 4.69) is 15.3 Å². The van der Waals surface area contributed by atoms with Crippen molar-refractivity contribution < 1.29 is 18.0 Å². The Hall–Kier alpha value is -1.86. The minimum Gasteiger partial charge on any atom is -0.329 e. The third kappa shape index (κ3) is 4.58. The molecule has 0 unspecified atom stereocenters. The Bertz CT molecular complexity index is 363. The maximum absolute atomic E-state index is 11.7. The molecule has 0 bridgehead atoms. The van der Waals surface area contributed by atoms with Crippen molar-refractivity contribution in [2.24, 2.45) is 0 Å². The van der Waals surface area contributed by atoms with Gasteiger partial charge < -0.3 is 5.32 Å². The van der Waals surface area contributed by atoms with Crippen LogP contribution in [0, 0.1) is 6.92 Å².